The van der Waals surface area contributed by atoms with Crippen LogP contribution < -0.4 is 4.74 Å². The number of hydrogen-bond donors (Lipinski definition) is 0. The van der Waals surface area contributed by atoms with Crippen molar-refractivity contribution in [2.24, 2.45) is 0 Å². The third-order valence-electron chi connectivity index (χ3n) is 5.10. The van der Waals surface area contributed by atoms with Crippen molar-refractivity contribution in [2.45, 2.75) is 51.9 Å². The zero-order valence-corrected chi connectivity index (χ0v) is 18.0. The lowest BCUT2D eigenvalue weighted by Gasteiger charge is -2.10. The summed E-state index contributed by atoms with van der Waals surface area (Å²) in [5.41, 5.74) is 3.83. The highest BCUT2D eigenvalue weighted by Crippen LogP contribution is 2.24. The molecule has 0 fully saturated rings. The number of nitro benzene ring substituents is 1. The monoisotopic (exact) mass is 419 g/mol. The number of aryl methyl sites for hydroxylation is 2. The van der Waals surface area contributed by atoms with E-state index < -0.39 is 4.92 Å². The van der Waals surface area contributed by atoms with Gasteiger partial charge in [-0.3, -0.25) is 10.1 Å². The Kier molecular flexibility index (Phi) is 8.52. The smallest absolute Gasteiger partial charge is 0.317 e. The summed E-state index contributed by atoms with van der Waals surface area (Å²) in [6.45, 7) is 2.77. The number of benzene rings is 2. The van der Waals surface area contributed by atoms with Gasteiger partial charge in [0.2, 0.25) is 0 Å². The van der Waals surface area contributed by atoms with E-state index in [-0.39, 0.29) is 5.69 Å². The van der Waals surface area contributed by atoms with Gasteiger partial charge in [0.25, 0.3) is 5.69 Å². The van der Waals surface area contributed by atoms with Gasteiger partial charge in [0, 0.05) is 23.4 Å². The first-order valence-corrected chi connectivity index (χ1v) is 10.9. The van der Waals surface area contributed by atoms with E-state index in [0.29, 0.717) is 12.6 Å². The number of unbranched alkanes of at least 4 members (excludes halogenated alkanes) is 3. The molecule has 0 unspecified atom stereocenters. The fraction of sp³-hybridized carbons (Fsp3) is 0.360. The van der Waals surface area contributed by atoms with Crippen LogP contribution in [0.1, 0.15) is 50.3 Å². The molecule has 0 aliphatic heterocycles. The zero-order valence-electron chi connectivity index (χ0n) is 18.0. The molecule has 2 aromatic carbocycles. The number of ether oxygens (including phenoxy) is 1. The molecule has 0 saturated carbocycles. The largest absolute Gasteiger partial charge is 0.463 e. The van der Waals surface area contributed by atoms with Crippen molar-refractivity contribution in [1.29, 1.82) is 0 Å². The molecule has 3 aromatic rings. The van der Waals surface area contributed by atoms with Crippen molar-refractivity contribution in [2.75, 3.05) is 6.61 Å². The van der Waals surface area contributed by atoms with Crippen LogP contribution in [0.3, 0.4) is 0 Å². The molecule has 0 aliphatic rings. The molecule has 0 atom stereocenters. The van der Waals surface area contributed by atoms with Crippen molar-refractivity contribution in [3.8, 4) is 17.3 Å². The highest BCUT2D eigenvalue weighted by Gasteiger charge is 2.11. The zero-order chi connectivity index (χ0) is 21.9. The number of aromatic nitrogens is 2. The predicted molar refractivity (Wildman–Crippen MR) is 122 cm³/mol. The minimum atomic E-state index is -0.399. The van der Waals surface area contributed by atoms with Crippen LogP contribution in [-0.4, -0.2) is 21.5 Å². The van der Waals surface area contributed by atoms with Gasteiger partial charge in [-0.15, -0.1) is 0 Å². The summed E-state index contributed by atoms with van der Waals surface area (Å²) in [5.74, 6) is 0. The molecule has 6 heteroatoms. The van der Waals surface area contributed by atoms with Crippen LogP contribution in [0, 0.1) is 10.1 Å². The molecule has 0 bridgehead atoms. The van der Waals surface area contributed by atoms with E-state index >= 15 is 0 Å². The summed E-state index contributed by atoms with van der Waals surface area (Å²) in [6, 6.07) is 19.2. The number of nitrogens with zero attached hydrogens (tertiary/aromatic N) is 3. The molecule has 0 saturated heterocycles. The summed E-state index contributed by atoms with van der Waals surface area (Å²) < 4.78 is 5.85. The number of nitro groups is 1. The highest BCUT2D eigenvalue weighted by molar-refractivity contribution is 5.61. The van der Waals surface area contributed by atoms with E-state index in [1.165, 1.54) is 30.5 Å². The standard InChI is InChI=1S/C25H29N3O3/c1-2-3-4-8-18-31-25-26-22(13-9-12-20-10-6-5-7-11-20)19-24(27-25)21-14-16-23(17-15-21)28(29)30/h5-7,10-11,14-17,19H,2-4,8-9,12-13,18H2,1H3. The molecular formula is C25H29N3O3. The molecule has 0 aliphatic carbocycles. The lowest BCUT2D eigenvalue weighted by Crippen LogP contribution is -2.05. The second-order valence-electron chi connectivity index (χ2n) is 7.58. The summed E-state index contributed by atoms with van der Waals surface area (Å²) >= 11 is 0. The second kappa shape index (κ2) is 11.8. The molecule has 0 amide bonds. The second-order valence-corrected chi connectivity index (χ2v) is 7.58. The molecule has 0 spiro atoms. The van der Waals surface area contributed by atoms with Gasteiger partial charge in [-0.05, 0) is 49.4 Å². The molecule has 162 valence electrons. The fourth-order valence-corrected chi connectivity index (χ4v) is 3.38. The highest BCUT2D eigenvalue weighted by atomic mass is 16.6. The van der Waals surface area contributed by atoms with E-state index in [1.54, 1.807) is 12.1 Å². The van der Waals surface area contributed by atoms with E-state index in [4.69, 9.17) is 4.74 Å². The average molecular weight is 420 g/mol. The van der Waals surface area contributed by atoms with Crippen LogP contribution in [0.15, 0.2) is 60.7 Å². The minimum Gasteiger partial charge on any atom is -0.463 e. The number of non-ortho nitro benzene ring substituents is 1. The molecule has 31 heavy (non-hydrogen) atoms. The molecule has 1 aromatic heterocycles. The lowest BCUT2D eigenvalue weighted by atomic mass is 10.1. The van der Waals surface area contributed by atoms with E-state index in [0.717, 1.165) is 49.1 Å². The maximum absolute atomic E-state index is 10.9. The molecule has 0 radical (unpaired) electrons. The van der Waals surface area contributed by atoms with Gasteiger partial charge in [-0.25, -0.2) is 4.98 Å². The molecule has 1 heterocycles. The normalized spacial score (nSPS) is 10.7. The first-order valence-electron chi connectivity index (χ1n) is 10.9. The molecular weight excluding hydrogens is 390 g/mol. The first kappa shape index (κ1) is 22.4. The number of rotatable bonds is 12. The van der Waals surface area contributed by atoms with E-state index in [2.05, 4.69) is 41.2 Å². The van der Waals surface area contributed by atoms with Crippen LogP contribution in [0.5, 0.6) is 6.01 Å². The van der Waals surface area contributed by atoms with Gasteiger partial charge in [0.15, 0.2) is 0 Å². The summed E-state index contributed by atoms with van der Waals surface area (Å²) in [5, 5.41) is 10.9. The summed E-state index contributed by atoms with van der Waals surface area (Å²) in [4.78, 5) is 19.7. The fourth-order valence-electron chi connectivity index (χ4n) is 3.38. The Hall–Kier alpha value is -3.28. The van der Waals surface area contributed by atoms with Crippen molar-refractivity contribution in [3.05, 3.63) is 82.0 Å². The Bertz CT molecular complexity index is 960. The van der Waals surface area contributed by atoms with Crippen LogP contribution in [-0.2, 0) is 12.8 Å². The molecule has 6 nitrogen and oxygen atoms in total. The van der Waals surface area contributed by atoms with Crippen LogP contribution >= 0.6 is 0 Å². The van der Waals surface area contributed by atoms with E-state index in [1.807, 2.05) is 12.1 Å². The number of hydrogen-bond acceptors (Lipinski definition) is 5. The Balaban J connectivity index is 1.73. The maximum atomic E-state index is 10.9. The first-order chi connectivity index (χ1) is 15.2. The van der Waals surface area contributed by atoms with Gasteiger partial charge < -0.3 is 4.74 Å². The van der Waals surface area contributed by atoms with Crippen LogP contribution in [0.25, 0.3) is 11.3 Å². The van der Waals surface area contributed by atoms with Gasteiger partial charge in [-0.2, -0.15) is 4.98 Å². The van der Waals surface area contributed by atoms with E-state index in [9.17, 15) is 10.1 Å². The van der Waals surface area contributed by atoms with Gasteiger partial charge in [0.1, 0.15) is 0 Å². The van der Waals surface area contributed by atoms with Gasteiger partial charge in [0.05, 0.1) is 17.2 Å². The quantitative estimate of drug-likeness (QED) is 0.199. The Labute approximate surface area is 183 Å². The van der Waals surface area contributed by atoms with Crippen LogP contribution in [0.4, 0.5) is 5.69 Å². The van der Waals surface area contributed by atoms with Crippen molar-refractivity contribution in [1.82, 2.24) is 9.97 Å². The average Bonchev–Trinajstić information content (AvgIpc) is 2.79. The predicted octanol–water partition coefficient (Wildman–Crippen LogP) is 6.19. The van der Waals surface area contributed by atoms with Crippen molar-refractivity contribution >= 4 is 5.69 Å². The van der Waals surface area contributed by atoms with Gasteiger partial charge in [-0.1, -0.05) is 56.5 Å². The Morgan fingerprint density at radius 3 is 2.39 bits per heavy atom. The SMILES string of the molecule is CCCCCCOc1nc(CCCc2ccccc2)cc(-c2ccc([N+](=O)[O-])cc2)n1. The molecule has 0 N–H and O–H groups in total. The van der Waals surface area contributed by atoms with Crippen molar-refractivity contribution < 1.29 is 9.66 Å². The third kappa shape index (κ3) is 7.17. The third-order valence-corrected chi connectivity index (χ3v) is 5.10. The minimum absolute atomic E-state index is 0.0632. The maximum Gasteiger partial charge on any atom is 0.317 e. The lowest BCUT2D eigenvalue weighted by molar-refractivity contribution is -0.384. The van der Waals surface area contributed by atoms with Gasteiger partial charge >= 0.3 is 6.01 Å². The van der Waals surface area contributed by atoms with Crippen LogP contribution in [0.2, 0.25) is 0 Å². The van der Waals surface area contributed by atoms with Crippen molar-refractivity contribution in [3.63, 3.8) is 0 Å². The topological polar surface area (TPSA) is 78.2 Å². The summed E-state index contributed by atoms with van der Waals surface area (Å²) in [7, 11) is 0. The Morgan fingerprint density at radius 1 is 0.903 bits per heavy atom. The molecule has 3 rings (SSSR count). The summed E-state index contributed by atoms with van der Waals surface area (Å²) in [6.07, 6.45) is 7.23. The Morgan fingerprint density at radius 2 is 1.68 bits per heavy atom.